The van der Waals surface area contributed by atoms with Crippen molar-refractivity contribution in [2.75, 3.05) is 0 Å². The van der Waals surface area contributed by atoms with E-state index in [0.29, 0.717) is 0 Å². The van der Waals surface area contributed by atoms with Crippen LogP contribution in [0.25, 0.3) is 0 Å². The fraction of sp³-hybridized carbons (Fsp3) is 0.833. The van der Waals surface area contributed by atoms with Gasteiger partial charge in [0.05, 0.1) is 0 Å². The lowest BCUT2D eigenvalue weighted by molar-refractivity contribution is -0.150. The largest absolute Gasteiger partial charge is 0.480 e. The van der Waals surface area contributed by atoms with Crippen molar-refractivity contribution < 1.29 is 18.7 Å². The molecule has 1 aliphatic carbocycles. The Kier molecular flexibility index (Phi) is 3.41. The number of halogens is 3. The molecule has 1 aliphatic rings. The van der Waals surface area contributed by atoms with E-state index in [9.17, 15) is 13.6 Å². The van der Waals surface area contributed by atoms with Crippen LogP contribution in [0.15, 0.2) is 0 Å². The molecule has 0 saturated heterocycles. The summed E-state index contributed by atoms with van der Waals surface area (Å²) in [6, 6.07) is -1.13. The summed E-state index contributed by atoms with van der Waals surface area (Å²) in [5, 5.41) is 8.32. The van der Waals surface area contributed by atoms with Crippen LogP contribution in [-0.2, 0) is 4.79 Å². The molecule has 72 valence electrons. The summed E-state index contributed by atoms with van der Waals surface area (Å²) in [4.78, 5) is 10.2. The van der Waals surface area contributed by atoms with Gasteiger partial charge in [-0.15, -0.1) is 12.4 Å². The summed E-state index contributed by atoms with van der Waals surface area (Å²) in [5.41, 5.74) is 5.11. The van der Waals surface area contributed by atoms with Crippen molar-refractivity contribution in [3.05, 3.63) is 0 Å². The third-order valence-corrected chi connectivity index (χ3v) is 1.91. The van der Waals surface area contributed by atoms with Crippen LogP contribution in [0.5, 0.6) is 0 Å². The molecule has 1 saturated carbocycles. The first kappa shape index (κ1) is 11.6. The van der Waals surface area contributed by atoms with Crippen molar-refractivity contribution in [2.45, 2.75) is 24.8 Å². The lowest BCUT2D eigenvalue weighted by atomic mass is 9.77. The number of nitrogens with two attached hydrogens (primary N) is 1. The van der Waals surface area contributed by atoms with Gasteiger partial charge in [0.1, 0.15) is 6.04 Å². The first-order valence-corrected chi connectivity index (χ1v) is 3.28. The van der Waals surface area contributed by atoms with Gasteiger partial charge in [-0.25, -0.2) is 8.78 Å². The van der Waals surface area contributed by atoms with Gasteiger partial charge in [0.2, 0.25) is 5.92 Å². The standard InChI is InChI=1S/C6H9F2NO2.ClH/c7-6(8)1-3(2-6)4(9)5(10)11;/h3-4H,1-2,9H2,(H,10,11);1H/t4-;/m1./s1. The molecule has 6 heteroatoms. The molecule has 0 unspecified atom stereocenters. The van der Waals surface area contributed by atoms with Crippen LogP contribution in [0.1, 0.15) is 12.8 Å². The SMILES string of the molecule is Cl.N[C@@H](C(=O)O)C1CC(F)(F)C1. The molecule has 0 aromatic carbocycles. The van der Waals surface area contributed by atoms with Crippen LogP contribution in [0.3, 0.4) is 0 Å². The molecule has 0 aromatic heterocycles. The summed E-state index contributed by atoms with van der Waals surface area (Å²) >= 11 is 0. The molecule has 0 heterocycles. The Morgan fingerprint density at radius 3 is 2.25 bits per heavy atom. The van der Waals surface area contributed by atoms with Gasteiger partial charge in [-0.1, -0.05) is 0 Å². The van der Waals surface area contributed by atoms with Crippen LogP contribution >= 0.6 is 12.4 Å². The zero-order valence-corrected chi connectivity index (χ0v) is 6.98. The summed E-state index contributed by atoms with van der Waals surface area (Å²) in [5.74, 6) is -4.44. The summed E-state index contributed by atoms with van der Waals surface area (Å²) < 4.78 is 24.3. The Labute approximate surface area is 74.3 Å². The van der Waals surface area contributed by atoms with Crippen molar-refractivity contribution in [1.29, 1.82) is 0 Å². The number of carboxylic acid groups (broad SMARTS) is 1. The van der Waals surface area contributed by atoms with E-state index < -0.39 is 23.9 Å². The second-order valence-corrected chi connectivity index (χ2v) is 2.89. The average molecular weight is 202 g/mol. The zero-order valence-electron chi connectivity index (χ0n) is 6.17. The number of carbonyl (C=O) groups is 1. The van der Waals surface area contributed by atoms with Gasteiger partial charge in [0.15, 0.2) is 0 Å². The van der Waals surface area contributed by atoms with Gasteiger partial charge in [0, 0.05) is 12.8 Å². The summed E-state index contributed by atoms with van der Waals surface area (Å²) in [6.07, 6.45) is -0.777. The number of carboxylic acids is 1. The predicted octanol–water partition coefficient (Wildman–Crippen LogP) is 0.865. The highest BCUT2D eigenvalue weighted by Crippen LogP contribution is 2.43. The minimum atomic E-state index is -2.68. The highest BCUT2D eigenvalue weighted by Gasteiger charge is 2.49. The molecular formula is C6H10ClF2NO2. The van der Waals surface area contributed by atoms with Crippen LogP contribution in [0.4, 0.5) is 8.78 Å². The molecule has 0 spiro atoms. The Morgan fingerprint density at radius 1 is 1.58 bits per heavy atom. The van der Waals surface area contributed by atoms with Gasteiger partial charge in [-0.2, -0.15) is 0 Å². The van der Waals surface area contributed by atoms with E-state index in [1.807, 2.05) is 0 Å². The topological polar surface area (TPSA) is 63.3 Å². The number of aliphatic carboxylic acids is 1. The molecule has 0 aliphatic heterocycles. The lowest BCUT2D eigenvalue weighted by Gasteiger charge is -2.36. The number of rotatable bonds is 2. The van der Waals surface area contributed by atoms with Gasteiger partial charge >= 0.3 is 5.97 Å². The molecule has 3 N–H and O–H groups in total. The smallest absolute Gasteiger partial charge is 0.320 e. The predicted molar refractivity (Wildman–Crippen MR) is 40.5 cm³/mol. The van der Waals surface area contributed by atoms with Gasteiger partial charge in [-0.05, 0) is 5.92 Å². The molecule has 0 bridgehead atoms. The van der Waals surface area contributed by atoms with Crippen molar-refractivity contribution in [1.82, 2.24) is 0 Å². The second kappa shape index (κ2) is 3.53. The van der Waals surface area contributed by atoms with Gasteiger partial charge in [0.25, 0.3) is 0 Å². The highest BCUT2D eigenvalue weighted by atomic mass is 35.5. The van der Waals surface area contributed by atoms with Crippen molar-refractivity contribution >= 4 is 18.4 Å². The Bertz CT molecular complexity index is 180. The third-order valence-electron chi connectivity index (χ3n) is 1.91. The fourth-order valence-corrected chi connectivity index (χ4v) is 1.16. The minimum absolute atomic E-state index is 0. The molecule has 12 heavy (non-hydrogen) atoms. The molecule has 0 radical (unpaired) electrons. The fourth-order valence-electron chi connectivity index (χ4n) is 1.16. The van der Waals surface area contributed by atoms with Gasteiger partial charge < -0.3 is 10.8 Å². The zero-order chi connectivity index (χ0) is 8.65. The van der Waals surface area contributed by atoms with E-state index >= 15 is 0 Å². The number of hydrogen-bond acceptors (Lipinski definition) is 2. The maximum atomic E-state index is 12.2. The molecular weight excluding hydrogens is 192 g/mol. The van der Waals surface area contributed by atoms with E-state index in [1.165, 1.54) is 0 Å². The van der Waals surface area contributed by atoms with E-state index in [4.69, 9.17) is 10.8 Å². The summed E-state index contributed by atoms with van der Waals surface area (Å²) in [6.45, 7) is 0. The number of hydrogen-bond donors (Lipinski definition) is 2. The number of alkyl halides is 2. The van der Waals surface area contributed by atoms with E-state index in [-0.39, 0.29) is 25.2 Å². The van der Waals surface area contributed by atoms with Crippen molar-refractivity contribution in [3.63, 3.8) is 0 Å². The molecule has 1 rings (SSSR count). The molecule has 1 fully saturated rings. The van der Waals surface area contributed by atoms with E-state index in [1.54, 1.807) is 0 Å². The van der Waals surface area contributed by atoms with Gasteiger partial charge in [-0.3, -0.25) is 4.79 Å². The third kappa shape index (κ3) is 2.28. The average Bonchev–Trinajstić information content (AvgIpc) is 1.80. The minimum Gasteiger partial charge on any atom is -0.480 e. The quantitative estimate of drug-likeness (QED) is 0.697. The van der Waals surface area contributed by atoms with Crippen LogP contribution in [0.2, 0.25) is 0 Å². The summed E-state index contributed by atoms with van der Waals surface area (Å²) in [7, 11) is 0. The Hall–Kier alpha value is -0.420. The maximum absolute atomic E-state index is 12.2. The molecule has 3 nitrogen and oxygen atoms in total. The monoisotopic (exact) mass is 201 g/mol. The molecule has 1 atom stereocenters. The van der Waals surface area contributed by atoms with E-state index in [0.717, 1.165) is 0 Å². The Morgan fingerprint density at radius 2 is 2.00 bits per heavy atom. The normalized spacial score (nSPS) is 23.6. The van der Waals surface area contributed by atoms with Crippen LogP contribution in [-0.4, -0.2) is 23.0 Å². The van der Waals surface area contributed by atoms with Crippen molar-refractivity contribution in [2.24, 2.45) is 11.7 Å². The van der Waals surface area contributed by atoms with Crippen molar-refractivity contribution in [3.8, 4) is 0 Å². The first-order valence-electron chi connectivity index (χ1n) is 3.28. The van der Waals surface area contributed by atoms with Crippen LogP contribution in [0, 0.1) is 5.92 Å². The Balaban J connectivity index is 0.00000121. The maximum Gasteiger partial charge on any atom is 0.320 e. The van der Waals surface area contributed by atoms with Crippen LogP contribution < -0.4 is 5.73 Å². The highest BCUT2D eigenvalue weighted by molar-refractivity contribution is 5.85. The lowest BCUT2D eigenvalue weighted by Crippen LogP contribution is -2.49. The first-order chi connectivity index (χ1) is 4.92. The molecule has 0 aromatic rings. The second-order valence-electron chi connectivity index (χ2n) is 2.89. The van der Waals surface area contributed by atoms with E-state index in [2.05, 4.69) is 0 Å². The molecule has 0 amide bonds.